The molecule has 0 saturated carbocycles. The number of halogens is 1. The summed E-state index contributed by atoms with van der Waals surface area (Å²) in [7, 11) is 0. The van der Waals surface area contributed by atoms with E-state index in [-0.39, 0.29) is 18.9 Å². The molecule has 0 atom stereocenters. The maximum absolute atomic E-state index is 13.0. The highest BCUT2D eigenvalue weighted by molar-refractivity contribution is 8.18. The molecule has 3 aromatic carbocycles. The Balaban J connectivity index is 1.39. The molecule has 0 unspecified atom stereocenters. The minimum absolute atomic E-state index is 0.0134. The van der Waals surface area contributed by atoms with Gasteiger partial charge in [-0.1, -0.05) is 41.9 Å². The Labute approximate surface area is 203 Å². The quantitative estimate of drug-likeness (QED) is 0.457. The second-order valence-corrected chi connectivity index (χ2v) is 8.98. The number of hydrogen-bond acceptors (Lipinski definition) is 6. The van der Waals surface area contributed by atoms with Crippen LogP contribution in [0.1, 0.15) is 21.5 Å². The van der Waals surface area contributed by atoms with Crippen LogP contribution in [0.15, 0.2) is 65.6 Å². The van der Waals surface area contributed by atoms with Crippen LogP contribution >= 0.6 is 23.4 Å². The molecule has 0 aliphatic carbocycles. The first kappa shape index (κ1) is 22.1. The molecule has 0 radical (unpaired) electrons. The topological polar surface area (TPSA) is 93.1 Å². The number of carboxylic acids is 1. The second-order valence-electron chi connectivity index (χ2n) is 7.58. The highest BCUT2D eigenvalue weighted by Crippen LogP contribution is 2.39. The van der Waals surface area contributed by atoms with Gasteiger partial charge in [-0.05, 0) is 64.4 Å². The van der Waals surface area contributed by atoms with Crippen molar-refractivity contribution in [1.82, 2.24) is 4.90 Å². The van der Waals surface area contributed by atoms with Gasteiger partial charge in [0.15, 0.2) is 11.5 Å². The molecular weight excluding hydrogens is 478 g/mol. The average molecular weight is 494 g/mol. The second kappa shape index (κ2) is 8.89. The van der Waals surface area contributed by atoms with Gasteiger partial charge in [-0.3, -0.25) is 14.5 Å². The summed E-state index contributed by atoms with van der Waals surface area (Å²) in [6, 6.07) is 17.2. The molecule has 170 valence electrons. The molecule has 2 aliphatic rings. The highest BCUT2D eigenvalue weighted by atomic mass is 35.5. The zero-order valence-corrected chi connectivity index (χ0v) is 19.1. The normalized spacial score (nSPS) is 15.9. The summed E-state index contributed by atoms with van der Waals surface area (Å²) < 4.78 is 10.7. The summed E-state index contributed by atoms with van der Waals surface area (Å²) >= 11 is 7.17. The molecular formula is C25H16ClNO6S. The number of ether oxygens (including phenoxy) is 2. The van der Waals surface area contributed by atoms with Gasteiger partial charge in [0.1, 0.15) is 0 Å². The fourth-order valence-corrected chi connectivity index (χ4v) is 4.73. The number of carboxylic acid groups (broad SMARTS) is 1. The third kappa shape index (κ3) is 4.25. The van der Waals surface area contributed by atoms with E-state index in [1.807, 2.05) is 30.3 Å². The molecule has 2 heterocycles. The number of carbonyl (C=O) groups is 3. The van der Waals surface area contributed by atoms with E-state index in [0.29, 0.717) is 32.6 Å². The van der Waals surface area contributed by atoms with E-state index in [1.165, 1.54) is 6.07 Å². The number of aromatic carboxylic acids is 1. The molecule has 1 fully saturated rings. The number of nitrogens with zero attached hydrogens (tertiary/aromatic N) is 1. The van der Waals surface area contributed by atoms with Crippen molar-refractivity contribution in [3.63, 3.8) is 0 Å². The molecule has 3 aromatic rings. The lowest BCUT2D eigenvalue weighted by Gasteiger charge is -2.14. The zero-order valence-electron chi connectivity index (χ0n) is 17.5. The number of imide groups is 1. The Hall–Kier alpha value is -3.75. The van der Waals surface area contributed by atoms with Crippen molar-refractivity contribution in [3.05, 3.63) is 87.3 Å². The molecule has 5 rings (SSSR count). The summed E-state index contributed by atoms with van der Waals surface area (Å²) in [4.78, 5) is 38.3. The van der Waals surface area contributed by atoms with Crippen LogP contribution in [-0.4, -0.2) is 33.9 Å². The minimum Gasteiger partial charge on any atom is -0.478 e. The molecule has 9 heteroatoms. The number of amides is 2. The van der Waals surface area contributed by atoms with Crippen LogP contribution in [-0.2, 0) is 11.3 Å². The number of fused-ring (bicyclic) bond motifs is 1. The summed E-state index contributed by atoms with van der Waals surface area (Å²) in [6.07, 6.45) is 1.65. The molecule has 1 saturated heterocycles. The van der Waals surface area contributed by atoms with Gasteiger partial charge in [-0.25, -0.2) is 4.79 Å². The van der Waals surface area contributed by atoms with E-state index in [0.717, 1.165) is 27.8 Å². The fourth-order valence-electron chi connectivity index (χ4n) is 3.68. The van der Waals surface area contributed by atoms with Crippen LogP contribution in [0.3, 0.4) is 0 Å². The number of rotatable bonds is 5. The van der Waals surface area contributed by atoms with Crippen molar-refractivity contribution in [2.45, 2.75) is 6.54 Å². The van der Waals surface area contributed by atoms with Crippen molar-refractivity contribution in [3.8, 4) is 22.6 Å². The lowest BCUT2D eigenvalue weighted by molar-refractivity contribution is -0.123. The van der Waals surface area contributed by atoms with Gasteiger partial charge < -0.3 is 14.6 Å². The Kier molecular flexibility index (Phi) is 5.77. The summed E-state index contributed by atoms with van der Waals surface area (Å²) in [5.41, 5.74) is 3.01. The lowest BCUT2D eigenvalue weighted by atomic mass is 10.0. The first-order chi connectivity index (χ1) is 16.4. The standard InChI is InChI=1S/C25H16ClNO6S/c26-19-11-21-20(32-13-33-21)10-18(19)12-27-23(28)22(34-25(27)31)8-14-3-1-4-15(7-14)16-5-2-6-17(9-16)24(29)30/h1-11H,12-13H2,(H,29,30)/b22-8-. The Bertz CT molecular complexity index is 1390. The third-order valence-corrected chi connectivity index (χ3v) is 6.63. The molecule has 7 nitrogen and oxygen atoms in total. The van der Waals surface area contributed by atoms with Crippen molar-refractivity contribution in [2.75, 3.05) is 6.79 Å². The number of carbonyl (C=O) groups excluding carboxylic acids is 2. The van der Waals surface area contributed by atoms with E-state index in [2.05, 4.69) is 0 Å². The predicted molar refractivity (Wildman–Crippen MR) is 128 cm³/mol. The number of benzene rings is 3. The summed E-state index contributed by atoms with van der Waals surface area (Å²) in [5.74, 6) is -0.376. The van der Waals surface area contributed by atoms with Crippen molar-refractivity contribution in [2.24, 2.45) is 0 Å². The first-order valence-electron chi connectivity index (χ1n) is 10.2. The van der Waals surface area contributed by atoms with Gasteiger partial charge >= 0.3 is 5.97 Å². The fraction of sp³-hybridized carbons (Fsp3) is 0.0800. The van der Waals surface area contributed by atoms with Gasteiger partial charge in [0.05, 0.1) is 17.0 Å². The van der Waals surface area contributed by atoms with E-state index >= 15 is 0 Å². The number of thioether (sulfide) groups is 1. The Morgan fingerprint density at radius 2 is 1.74 bits per heavy atom. The van der Waals surface area contributed by atoms with Crippen molar-refractivity contribution >= 4 is 46.6 Å². The SMILES string of the molecule is O=C(O)c1cccc(-c2cccc(/C=C3\SC(=O)N(Cc4cc5c(cc4Cl)OCO5)C3=O)c2)c1. The smallest absolute Gasteiger partial charge is 0.335 e. The third-order valence-electron chi connectivity index (χ3n) is 5.37. The Morgan fingerprint density at radius 1 is 1.03 bits per heavy atom. The predicted octanol–water partition coefficient (Wildman–Crippen LogP) is 5.67. The van der Waals surface area contributed by atoms with E-state index in [9.17, 15) is 19.5 Å². The van der Waals surface area contributed by atoms with Gasteiger partial charge in [-0.15, -0.1) is 0 Å². The van der Waals surface area contributed by atoms with Crippen LogP contribution in [0.2, 0.25) is 5.02 Å². The van der Waals surface area contributed by atoms with Gasteiger partial charge in [0, 0.05) is 11.1 Å². The van der Waals surface area contributed by atoms with E-state index in [1.54, 1.807) is 30.3 Å². The van der Waals surface area contributed by atoms with Gasteiger partial charge in [-0.2, -0.15) is 0 Å². The van der Waals surface area contributed by atoms with Crippen molar-refractivity contribution < 1.29 is 29.0 Å². The van der Waals surface area contributed by atoms with Crippen LogP contribution in [0.25, 0.3) is 17.2 Å². The molecule has 0 aromatic heterocycles. The molecule has 34 heavy (non-hydrogen) atoms. The molecule has 2 aliphatic heterocycles. The van der Waals surface area contributed by atoms with Crippen molar-refractivity contribution in [1.29, 1.82) is 0 Å². The largest absolute Gasteiger partial charge is 0.478 e. The van der Waals surface area contributed by atoms with Crippen LogP contribution < -0.4 is 9.47 Å². The average Bonchev–Trinajstić information content (AvgIpc) is 3.38. The first-order valence-corrected chi connectivity index (χ1v) is 11.4. The monoisotopic (exact) mass is 493 g/mol. The maximum Gasteiger partial charge on any atom is 0.335 e. The minimum atomic E-state index is -1.01. The van der Waals surface area contributed by atoms with Crippen LogP contribution in [0.4, 0.5) is 4.79 Å². The van der Waals surface area contributed by atoms with Gasteiger partial charge in [0.2, 0.25) is 6.79 Å². The summed E-state index contributed by atoms with van der Waals surface area (Å²) in [6.45, 7) is 0.110. The van der Waals surface area contributed by atoms with E-state index < -0.39 is 17.1 Å². The molecule has 0 bridgehead atoms. The Morgan fingerprint density at radius 3 is 2.50 bits per heavy atom. The van der Waals surface area contributed by atoms with E-state index in [4.69, 9.17) is 21.1 Å². The van der Waals surface area contributed by atoms with Gasteiger partial charge in [0.25, 0.3) is 11.1 Å². The van der Waals surface area contributed by atoms with Crippen LogP contribution in [0.5, 0.6) is 11.5 Å². The zero-order chi connectivity index (χ0) is 23.8. The number of hydrogen-bond donors (Lipinski definition) is 1. The highest BCUT2D eigenvalue weighted by Gasteiger charge is 2.35. The molecule has 2 amide bonds. The molecule has 0 spiro atoms. The maximum atomic E-state index is 13.0. The van der Waals surface area contributed by atoms with Crippen LogP contribution in [0, 0.1) is 0 Å². The molecule has 1 N–H and O–H groups in total. The summed E-state index contributed by atoms with van der Waals surface area (Å²) in [5, 5.41) is 9.23. The lowest BCUT2D eigenvalue weighted by Crippen LogP contribution is -2.27.